The lowest BCUT2D eigenvalue weighted by atomic mass is 10.1. The van der Waals surface area contributed by atoms with Gasteiger partial charge in [0.1, 0.15) is 5.82 Å². The SMILES string of the molecule is CCN(C)CC1CCN(C(C)c2nc3ccccc3n2C(F)F)C1. The Bertz CT molecular complexity index is 685. The lowest BCUT2D eigenvalue weighted by molar-refractivity contribution is 0.0657. The summed E-state index contributed by atoms with van der Waals surface area (Å²) >= 11 is 0. The zero-order valence-corrected chi connectivity index (χ0v) is 14.6. The van der Waals surface area contributed by atoms with Crippen molar-refractivity contribution >= 4 is 11.0 Å². The van der Waals surface area contributed by atoms with Crippen LogP contribution in [0.4, 0.5) is 8.78 Å². The molecule has 1 aromatic heterocycles. The second-order valence-electron chi connectivity index (χ2n) is 6.79. The van der Waals surface area contributed by atoms with Gasteiger partial charge in [-0.1, -0.05) is 19.1 Å². The molecule has 0 aliphatic carbocycles. The van der Waals surface area contributed by atoms with Crippen molar-refractivity contribution < 1.29 is 8.78 Å². The highest BCUT2D eigenvalue weighted by atomic mass is 19.3. The monoisotopic (exact) mass is 336 g/mol. The van der Waals surface area contributed by atoms with E-state index < -0.39 is 6.55 Å². The van der Waals surface area contributed by atoms with Crippen LogP contribution in [0.25, 0.3) is 11.0 Å². The summed E-state index contributed by atoms with van der Waals surface area (Å²) in [6, 6.07) is 7.03. The number of benzene rings is 1. The highest BCUT2D eigenvalue weighted by Gasteiger charge is 2.31. The maximum atomic E-state index is 13.6. The molecule has 6 heteroatoms. The number of imidazole rings is 1. The smallest absolute Gasteiger partial charge is 0.306 e. The van der Waals surface area contributed by atoms with E-state index in [0.717, 1.165) is 37.2 Å². The molecule has 4 nitrogen and oxygen atoms in total. The highest BCUT2D eigenvalue weighted by molar-refractivity contribution is 5.76. The Hall–Kier alpha value is -1.53. The molecule has 2 aromatic rings. The third kappa shape index (κ3) is 3.30. The molecule has 2 unspecified atom stereocenters. The minimum Gasteiger partial charge on any atom is -0.306 e. The van der Waals surface area contributed by atoms with Crippen molar-refractivity contribution in [2.75, 3.05) is 33.2 Å². The summed E-state index contributed by atoms with van der Waals surface area (Å²) < 4.78 is 28.3. The summed E-state index contributed by atoms with van der Waals surface area (Å²) in [7, 11) is 2.13. The van der Waals surface area contributed by atoms with E-state index in [0.29, 0.717) is 22.8 Å². The number of alkyl halides is 2. The summed E-state index contributed by atoms with van der Waals surface area (Å²) in [5, 5.41) is 0. The average Bonchev–Trinajstić information content (AvgIpc) is 3.18. The van der Waals surface area contributed by atoms with Gasteiger partial charge in [0.05, 0.1) is 17.1 Å². The van der Waals surface area contributed by atoms with E-state index in [4.69, 9.17) is 0 Å². The zero-order valence-electron chi connectivity index (χ0n) is 14.6. The van der Waals surface area contributed by atoms with E-state index in [1.54, 1.807) is 18.2 Å². The van der Waals surface area contributed by atoms with Crippen molar-refractivity contribution in [3.8, 4) is 0 Å². The summed E-state index contributed by atoms with van der Waals surface area (Å²) in [5.74, 6) is 1.07. The molecular weight excluding hydrogens is 310 g/mol. The summed E-state index contributed by atoms with van der Waals surface area (Å²) in [6.45, 7) is 5.55. The molecule has 0 amide bonds. The van der Waals surface area contributed by atoms with Gasteiger partial charge in [-0.05, 0) is 51.5 Å². The van der Waals surface area contributed by atoms with Crippen molar-refractivity contribution in [2.45, 2.75) is 32.9 Å². The second kappa shape index (κ2) is 7.15. The number of halogens is 2. The van der Waals surface area contributed by atoms with E-state index in [2.05, 4.69) is 28.8 Å². The first kappa shape index (κ1) is 17.3. The number of rotatable bonds is 6. The molecule has 2 atom stereocenters. The number of hydrogen-bond donors (Lipinski definition) is 0. The first-order valence-electron chi connectivity index (χ1n) is 8.68. The number of fused-ring (bicyclic) bond motifs is 1. The van der Waals surface area contributed by atoms with Gasteiger partial charge in [-0.25, -0.2) is 4.98 Å². The predicted octanol–water partition coefficient (Wildman–Crippen LogP) is 3.77. The van der Waals surface area contributed by atoms with Gasteiger partial charge in [-0.15, -0.1) is 0 Å². The van der Waals surface area contributed by atoms with Crippen LogP contribution in [0.3, 0.4) is 0 Å². The molecule has 1 saturated heterocycles. The maximum absolute atomic E-state index is 13.6. The number of nitrogens with zero attached hydrogens (tertiary/aromatic N) is 4. The van der Waals surface area contributed by atoms with E-state index in [1.165, 1.54) is 0 Å². The highest BCUT2D eigenvalue weighted by Crippen LogP contribution is 2.32. The van der Waals surface area contributed by atoms with Gasteiger partial charge in [0.2, 0.25) is 0 Å². The van der Waals surface area contributed by atoms with Crippen LogP contribution in [0, 0.1) is 5.92 Å². The van der Waals surface area contributed by atoms with Crippen molar-refractivity contribution in [1.29, 1.82) is 0 Å². The summed E-state index contributed by atoms with van der Waals surface area (Å²) in [6.07, 6.45) is 1.11. The fraction of sp³-hybridized carbons (Fsp3) is 0.611. The molecule has 1 aliphatic rings. The van der Waals surface area contributed by atoms with Crippen LogP contribution in [-0.4, -0.2) is 52.6 Å². The average molecular weight is 336 g/mol. The van der Waals surface area contributed by atoms with Crippen molar-refractivity contribution in [1.82, 2.24) is 19.4 Å². The quantitative estimate of drug-likeness (QED) is 0.803. The Kier molecular flexibility index (Phi) is 5.15. The number of hydrogen-bond acceptors (Lipinski definition) is 3. The molecule has 24 heavy (non-hydrogen) atoms. The number of para-hydroxylation sites is 2. The molecule has 1 aliphatic heterocycles. The lowest BCUT2D eigenvalue weighted by Gasteiger charge is -2.25. The Morgan fingerprint density at radius 2 is 2.08 bits per heavy atom. The van der Waals surface area contributed by atoms with Crippen LogP contribution in [0.2, 0.25) is 0 Å². The van der Waals surface area contributed by atoms with Crippen molar-refractivity contribution in [3.63, 3.8) is 0 Å². The molecule has 3 rings (SSSR count). The van der Waals surface area contributed by atoms with Crippen LogP contribution in [0.15, 0.2) is 24.3 Å². The minimum absolute atomic E-state index is 0.108. The number of aromatic nitrogens is 2. The van der Waals surface area contributed by atoms with E-state index >= 15 is 0 Å². The Morgan fingerprint density at radius 3 is 2.79 bits per heavy atom. The summed E-state index contributed by atoms with van der Waals surface area (Å²) in [4.78, 5) is 9.11. The molecule has 0 bridgehead atoms. The first-order valence-corrected chi connectivity index (χ1v) is 8.68. The topological polar surface area (TPSA) is 24.3 Å². The fourth-order valence-electron chi connectivity index (χ4n) is 3.66. The van der Waals surface area contributed by atoms with E-state index in [9.17, 15) is 8.78 Å². The molecular formula is C18H26F2N4. The van der Waals surface area contributed by atoms with Gasteiger partial charge >= 0.3 is 6.55 Å². The fourth-order valence-corrected chi connectivity index (χ4v) is 3.66. The van der Waals surface area contributed by atoms with Gasteiger partial charge in [-0.3, -0.25) is 9.47 Å². The first-order chi connectivity index (χ1) is 11.5. The Morgan fingerprint density at radius 1 is 1.33 bits per heavy atom. The lowest BCUT2D eigenvalue weighted by Crippen LogP contribution is -2.30. The van der Waals surface area contributed by atoms with E-state index in [-0.39, 0.29) is 6.04 Å². The molecule has 0 spiro atoms. The van der Waals surface area contributed by atoms with Crippen molar-refractivity contribution in [3.05, 3.63) is 30.1 Å². The zero-order chi connectivity index (χ0) is 17.3. The van der Waals surface area contributed by atoms with Gasteiger partial charge in [0, 0.05) is 13.1 Å². The maximum Gasteiger partial charge on any atom is 0.320 e. The molecule has 0 N–H and O–H groups in total. The Labute approximate surface area is 142 Å². The van der Waals surface area contributed by atoms with Crippen LogP contribution in [0.1, 0.15) is 38.7 Å². The Balaban J connectivity index is 1.82. The normalized spacial score (nSPS) is 20.5. The number of likely N-dealkylation sites (tertiary alicyclic amines) is 1. The van der Waals surface area contributed by atoms with Gasteiger partial charge in [-0.2, -0.15) is 8.78 Å². The molecule has 132 valence electrons. The van der Waals surface area contributed by atoms with Gasteiger partial charge < -0.3 is 4.90 Å². The van der Waals surface area contributed by atoms with Gasteiger partial charge in [0.15, 0.2) is 0 Å². The summed E-state index contributed by atoms with van der Waals surface area (Å²) in [5.41, 5.74) is 1.15. The molecule has 2 heterocycles. The third-order valence-electron chi connectivity index (χ3n) is 5.17. The van der Waals surface area contributed by atoms with Crippen molar-refractivity contribution in [2.24, 2.45) is 5.92 Å². The molecule has 1 aromatic carbocycles. The van der Waals surface area contributed by atoms with Crippen LogP contribution in [-0.2, 0) is 0 Å². The van der Waals surface area contributed by atoms with Crippen LogP contribution >= 0.6 is 0 Å². The van der Waals surface area contributed by atoms with Crippen LogP contribution in [0.5, 0.6) is 0 Å². The van der Waals surface area contributed by atoms with Gasteiger partial charge in [0.25, 0.3) is 0 Å². The third-order valence-corrected chi connectivity index (χ3v) is 5.17. The molecule has 0 radical (unpaired) electrons. The van der Waals surface area contributed by atoms with Crippen LogP contribution < -0.4 is 0 Å². The molecule has 0 saturated carbocycles. The van der Waals surface area contributed by atoms with E-state index in [1.807, 2.05) is 13.0 Å². The standard InChI is InChI=1S/C18H26F2N4/c1-4-22(3)11-14-9-10-23(12-14)13(2)17-21-15-7-5-6-8-16(15)24(17)18(19)20/h5-8,13-14,18H,4,9-12H2,1-3H3. The second-order valence-corrected chi connectivity index (χ2v) is 6.79. The largest absolute Gasteiger partial charge is 0.320 e. The molecule has 1 fully saturated rings. The predicted molar refractivity (Wildman–Crippen MR) is 92.3 cm³/mol. The minimum atomic E-state index is -2.57.